The summed E-state index contributed by atoms with van der Waals surface area (Å²) in [7, 11) is 1.69. The summed E-state index contributed by atoms with van der Waals surface area (Å²) in [5, 5.41) is 16.2. The number of fused-ring (bicyclic) bond motifs is 1. The van der Waals surface area contributed by atoms with Gasteiger partial charge in [-0.15, -0.1) is 15.3 Å². The highest BCUT2D eigenvalue weighted by Gasteiger charge is 2.20. The molecule has 4 heterocycles. The second kappa shape index (κ2) is 10.3. The van der Waals surface area contributed by atoms with Crippen molar-refractivity contribution in [2.75, 3.05) is 56.2 Å². The molecule has 0 aliphatic carbocycles. The average Bonchev–Trinajstić information content (AvgIpc) is 3.56. The van der Waals surface area contributed by atoms with Gasteiger partial charge < -0.3 is 24.6 Å². The Morgan fingerprint density at radius 2 is 2.00 bits per heavy atom. The molecule has 0 spiro atoms. The number of nitrogens with one attached hydrogen (secondary N) is 1. The Hall–Kier alpha value is -3.40. The van der Waals surface area contributed by atoms with Crippen LogP contribution >= 0.6 is 0 Å². The van der Waals surface area contributed by atoms with Crippen molar-refractivity contribution in [1.82, 2.24) is 25.1 Å². The number of nitrogens with zero attached hydrogens (tertiary/aromatic N) is 6. The molecule has 180 valence electrons. The van der Waals surface area contributed by atoms with Gasteiger partial charge in [-0.2, -0.15) is 4.52 Å². The van der Waals surface area contributed by atoms with Gasteiger partial charge in [0.1, 0.15) is 11.6 Å². The number of hydrogen-bond acceptors (Lipinski definition) is 8. The van der Waals surface area contributed by atoms with Gasteiger partial charge in [0, 0.05) is 63.9 Å². The third kappa shape index (κ3) is 5.06. The second-order valence-electron chi connectivity index (χ2n) is 8.69. The van der Waals surface area contributed by atoms with Crippen molar-refractivity contribution in [3.05, 3.63) is 42.2 Å². The van der Waals surface area contributed by atoms with Crippen LogP contribution in [0.2, 0.25) is 0 Å². The van der Waals surface area contributed by atoms with Gasteiger partial charge >= 0.3 is 0 Å². The van der Waals surface area contributed by atoms with Crippen LogP contribution in [0.1, 0.15) is 25.1 Å². The first-order chi connectivity index (χ1) is 16.7. The number of piperazine rings is 1. The summed E-state index contributed by atoms with van der Waals surface area (Å²) < 4.78 is 12.7. The number of aromatic nitrogens is 4. The summed E-state index contributed by atoms with van der Waals surface area (Å²) in [4.78, 5) is 16.9. The summed E-state index contributed by atoms with van der Waals surface area (Å²) in [6, 6.07) is 12.1. The molecule has 0 saturated carbocycles. The monoisotopic (exact) mass is 465 g/mol. The topological polar surface area (TPSA) is 97.1 Å². The molecule has 0 radical (unpaired) electrons. The molecular weight excluding hydrogens is 434 g/mol. The summed E-state index contributed by atoms with van der Waals surface area (Å²) in [5.74, 6) is 2.45. The van der Waals surface area contributed by atoms with Crippen LogP contribution in [0, 0.1) is 0 Å². The molecule has 1 amide bonds. The molecule has 10 heteroatoms. The molecule has 2 aliphatic rings. The van der Waals surface area contributed by atoms with Crippen LogP contribution in [0.25, 0.3) is 5.65 Å². The highest BCUT2D eigenvalue weighted by Crippen LogP contribution is 2.23. The molecule has 0 bridgehead atoms. The van der Waals surface area contributed by atoms with Crippen molar-refractivity contribution in [2.45, 2.75) is 31.8 Å². The number of rotatable bonds is 8. The molecule has 2 aliphatic heterocycles. The van der Waals surface area contributed by atoms with E-state index in [-0.39, 0.29) is 12.0 Å². The second-order valence-corrected chi connectivity index (χ2v) is 8.69. The number of methoxy groups -OCH3 is 1. The fraction of sp³-hybridized carbons (Fsp3) is 0.500. The Morgan fingerprint density at radius 1 is 1.15 bits per heavy atom. The lowest BCUT2D eigenvalue weighted by Crippen LogP contribution is -2.47. The largest absolute Gasteiger partial charge is 0.497 e. The van der Waals surface area contributed by atoms with Crippen LogP contribution in [0.4, 0.5) is 11.5 Å². The lowest BCUT2D eigenvalue weighted by atomic mass is 10.2. The zero-order valence-corrected chi connectivity index (χ0v) is 19.5. The quantitative estimate of drug-likeness (QED) is 0.537. The van der Waals surface area contributed by atoms with Gasteiger partial charge in [0.15, 0.2) is 11.5 Å². The fourth-order valence-corrected chi connectivity index (χ4v) is 4.50. The summed E-state index contributed by atoms with van der Waals surface area (Å²) in [5.41, 5.74) is 1.86. The van der Waals surface area contributed by atoms with E-state index in [1.165, 1.54) is 5.69 Å². The third-order valence-electron chi connectivity index (χ3n) is 6.46. The number of anilines is 2. The molecule has 1 atom stereocenters. The maximum absolute atomic E-state index is 12.3. The van der Waals surface area contributed by atoms with Gasteiger partial charge in [-0.25, -0.2) is 0 Å². The first kappa shape index (κ1) is 22.4. The van der Waals surface area contributed by atoms with E-state index in [1.54, 1.807) is 11.6 Å². The Balaban J connectivity index is 1.18. The maximum atomic E-state index is 12.3. The van der Waals surface area contributed by atoms with E-state index >= 15 is 0 Å². The lowest BCUT2D eigenvalue weighted by Gasteiger charge is -2.36. The molecule has 1 aromatic carbocycles. The van der Waals surface area contributed by atoms with Crippen LogP contribution in [0.15, 0.2) is 36.4 Å². The maximum Gasteiger partial charge on any atom is 0.220 e. The van der Waals surface area contributed by atoms with Gasteiger partial charge in [-0.3, -0.25) is 4.79 Å². The number of carbonyl (C=O) groups is 1. The molecule has 2 aromatic heterocycles. The van der Waals surface area contributed by atoms with E-state index in [9.17, 15) is 4.79 Å². The number of benzene rings is 1. The predicted octanol–water partition coefficient (Wildman–Crippen LogP) is 1.69. The van der Waals surface area contributed by atoms with E-state index in [1.807, 2.05) is 24.3 Å². The molecule has 1 unspecified atom stereocenters. The SMILES string of the molecule is COc1cccc(N2CCN(c3ccc4nnc(CCC(=O)NCC5CCCO5)n4n3)CC2)c1. The summed E-state index contributed by atoms with van der Waals surface area (Å²) in [6.07, 6.45) is 3.05. The van der Waals surface area contributed by atoms with Gasteiger partial charge in [-0.1, -0.05) is 6.07 Å². The van der Waals surface area contributed by atoms with E-state index in [4.69, 9.17) is 14.6 Å². The minimum Gasteiger partial charge on any atom is -0.497 e. The zero-order valence-electron chi connectivity index (χ0n) is 19.5. The van der Waals surface area contributed by atoms with Crippen LogP contribution in [0.5, 0.6) is 5.75 Å². The van der Waals surface area contributed by atoms with Crippen molar-refractivity contribution in [3.63, 3.8) is 0 Å². The standard InChI is InChI=1S/C24H31N7O3/c1-33-19-5-2-4-18(16-19)29-11-13-30(14-12-29)23-8-7-21-26-27-22(31(21)28-23)9-10-24(32)25-17-20-6-3-15-34-20/h2,4-5,7-8,16,20H,3,6,9-15,17H2,1H3,(H,25,32). The predicted molar refractivity (Wildman–Crippen MR) is 129 cm³/mol. The van der Waals surface area contributed by atoms with E-state index in [0.29, 0.717) is 30.9 Å². The number of amides is 1. The van der Waals surface area contributed by atoms with E-state index in [0.717, 1.165) is 57.2 Å². The molecule has 1 N–H and O–H groups in total. The Labute approximate surface area is 198 Å². The fourth-order valence-electron chi connectivity index (χ4n) is 4.50. The van der Waals surface area contributed by atoms with E-state index in [2.05, 4.69) is 37.4 Å². The van der Waals surface area contributed by atoms with Crippen molar-refractivity contribution in [1.29, 1.82) is 0 Å². The normalized spacial score (nSPS) is 18.4. The van der Waals surface area contributed by atoms with Gasteiger partial charge in [0.25, 0.3) is 0 Å². The zero-order chi connectivity index (χ0) is 23.3. The van der Waals surface area contributed by atoms with Crippen molar-refractivity contribution in [2.24, 2.45) is 0 Å². The van der Waals surface area contributed by atoms with Crippen molar-refractivity contribution >= 4 is 23.1 Å². The molecule has 3 aromatic rings. The van der Waals surface area contributed by atoms with E-state index < -0.39 is 0 Å². The number of hydrogen-bond donors (Lipinski definition) is 1. The Bertz CT molecular complexity index is 1120. The van der Waals surface area contributed by atoms with Crippen LogP contribution in [0.3, 0.4) is 0 Å². The van der Waals surface area contributed by atoms with Gasteiger partial charge in [-0.05, 0) is 37.1 Å². The Morgan fingerprint density at radius 3 is 2.79 bits per heavy atom. The van der Waals surface area contributed by atoms with Crippen molar-refractivity contribution < 1.29 is 14.3 Å². The van der Waals surface area contributed by atoms with Gasteiger partial charge in [0.05, 0.1) is 13.2 Å². The van der Waals surface area contributed by atoms with Crippen LogP contribution < -0.4 is 19.9 Å². The van der Waals surface area contributed by atoms with Crippen LogP contribution in [-0.2, 0) is 16.0 Å². The highest BCUT2D eigenvalue weighted by atomic mass is 16.5. The molecule has 2 fully saturated rings. The number of ether oxygens (including phenoxy) is 2. The Kier molecular flexibility index (Phi) is 6.75. The smallest absolute Gasteiger partial charge is 0.220 e. The average molecular weight is 466 g/mol. The summed E-state index contributed by atoms with van der Waals surface area (Å²) >= 11 is 0. The molecule has 10 nitrogen and oxygen atoms in total. The molecule has 5 rings (SSSR count). The molecule has 2 saturated heterocycles. The molecule has 34 heavy (non-hydrogen) atoms. The summed E-state index contributed by atoms with van der Waals surface area (Å²) in [6.45, 7) is 4.87. The third-order valence-corrected chi connectivity index (χ3v) is 6.46. The minimum absolute atomic E-state index is 0.00271. The number of aryl methyl sites for hydroxylation is 1. The number of carbonyl (C=O) groups excluding carboxylic acids is 1. The first-order valence-electron chi connectivity index (χ1n) is 11.9. The van der Waals surface area contributed by atoms with Crippen molar-refractivity contribution in [3.8, 4) is 5.75 Å². The van der Waals surface area contributed by atoms with Gasteiger partial charge in [0.2, 0.25) is 5.91 Å². The lowest BCUT2D eigenvalue weighted by molar-refractivity contribution is -0.121. The van der Waals surface area contributed by atoms with Crippen LogP contribution in [-0.4, -0.2) is 78.3 Å². The molecular formula is C24H31N7O3. The minimum atomic E-state index is -0.00271. The highest BCUT2D eigenvalue weighted by molar-refractivity contribution is 5.76. The first-order valence-corrected chi connectivity index (χ1v) is 11.9.